The van der Waals surface area contributed by atoms with E-state index in [-0.39, 0.29) is 17.1 Å². The van der Waals surface area contributed by atoms with Crippen LogP contribution in [0.25, 0.3) is 5.76 Å². The number of methoxy groups -OCH3 is 1. The van der Waals surface area contributed by atoms with Crippen LogP contribution in [0, 0.1) is 5.41 Å². The summed E-state index contributed by atoms with van der Waals surface area (Å²) in [4.78, 5) is 27.1. The number of unbranched alkanes of at least 4 members (excludes halogenated alkanes) is 1. The second-order valence-electron chi connectivity index (χ2n) is 7.52. The highest BCUT2D eigenvalue weighted by Crippen LogP contribution is 2.48. The van der Waals surface area contributed by atoms with Crippen molar-refractivity contribution < 1.29 is 19.4 Å². The molecule has 0 amide bonds. The summed E-state index contributed by atoms with van der Waals surface area (Å²) in [6, 6.07) is 8.79. The highest BCUT2D eigenvalue weighted by atomic mass is 16.5. The highest BCUT2D eigenvalue weighted by molar-refractivity contribution is 6.33. The van der Waals surface area contributed by atoms with Crippen molar-refractivity contribution in [1.82, 2.24) is 0 Å². The summed E-state index contributed by atoms with van der Waals surface area (Å²) in [6.45, 7) is 7.79. The third kappa shape index (κ3) is 4.36. The van der Waals surface area contributed by atoms with Gasteiger partial charge in [-0.05, 0) is 32.1 Å². The first-order valence-electron chi connectivity index (χ1n) is 10.4. The third-order valence-electron chi connectivity index (χ3n) is 5.55. The van der Waals surface area contributed by atoms with Crippen molar-refractivity contribution in [3.63, 3.8) is 0 Å². The number of benzene rings is 1. The smallest absolute Gasteiger partial charge is 0.199 e. The molecular formula is C25H32O4. The van der Waals surface area contributed by atoms with Crippen molar-refractivity contribution in [3.05, 3.63) is 65.5 Å². The SMILES string of the molecule is C=CCCCC1(CCC)C(=O)/C(=C(\O)c2ccccc2)C(=O)C(CCC)=C1OC. The zero-order valence-electron chi connectivity index (χ0n) is 17.8. The molecule has 1 aliphatic rings. The summed E-state index contributed by atoms with van der Waals surface area (Å²) < 4.78 is 5.74. The van der Waals surface area contributed by atoms with E-state index in [2.05, 4.69) is 6.58 Å². The van der Waals surface area contributed by atoms with E-state index >= 15 is 0 Å². The Hall–Kier alpha value is -2.62. The van der Waals surface area contributed by atoms with E-state index < -0.39 is 11.2 Å². The van der Waals surface area contributed by atoms with Crippen LogP contribution in [0.4, 0.5) is 0 Å². The van der Waals surface area contributed by atoms with Crippen molar-refractivity contribution in [2.75, 3.05) is 7.11 Å². The van der Waals surface area contributed by atoms with Crippen LogP contribution in [-0.4, -0.2) is 23.8 Å². The Bertz CT molecular complexity index is 816. The van der Waals surface area contributed by atoms with Crippen LogP contribution >= 0.6 is 0 Å². The zero-order valence-corrected chi connectivity index (χ0v) is 17.8. The maximum atomic E-state index is 13.8. The first-order valence-corrected chi connectivity index (χ1v) is 10.4. The van der Waals surface area contributed by atoms with Crippen LogP contribution in [0.1, 0.15) is 64.4 Å². The lowest BCUT2D eigenvalue weighted by atomic mass is 9.64. The van der Waals surface area contributed by atoms with Gasteiger partial charge in [-0.3, -0.25) is 9.59 Å². The van der Waals surface area contributed by atoms with E-state index in [1.54, 1.807) is 24.3 Å². The first kappa shape index (κ1) is 22.7. The quantitative estimate of drug-likeness (QED) is 0.174. The number of ether oxygens (including phenoxy) is 1. The number of aliphatic hydroxyl groups is 1. The number of ketones is 2. The van der Waals surface area contributed by atoms with Crippen molar-refractivity contribution in [3.8, 4) is 0 Å². The first-order chi connectivity index (χ1) is 14.0. The molecule has 1 unspecified atom stereocenters. The number of hydrogen-bond donors (Lipinski definition) is 1. The van der Waals surface area contributed by atoms with Crippen LogP contribution < -0.4 is 0 Å². The average molecular weight is 397 g/mol. The summed E-state index contributed by atoms with van der Waals surface area (Å²) in [7, 11) is 1.54. The Morgan fingerprint density at radius 3 is 2.38 bits per heavy atom. The summed E-state index contributed by atoms with van der Waals surface area (Å²) in [5.74, 6) is -0.490. The molecule has 4 nitrogen and oxygen atoms in total. The van der Waals surface area contributed by atoms with E-state index in [1.165, 1.54) is 7.11 Å². The molecule has 0 saturated heterocycles. The molecule has 1 atom stereocenters. The topological polar surface area (TPSA) is 63.6 Å². The molecule has 1 N–H and O–H groups in total. The van der Waals surface area contributed by atoms with E-state index in [1.807, 2.05) is 26.0 Å². The van der Waals surface area contributed by atoms with Crippen LogP contribution in [-0.2, 0) is 14.3 Å². The van der Waals surface area contributed by atoms with Gasteiger partial charge in [-0.2, -0.15) is 0 Å². The Labute approximate surface area is 174 Å². The molecule has 0 heterocycles. The summed E-state index contributed by atoms with van der Waals surface area (Å²) in [5.41, 5.74) is -0.0488. The highest BCUT2D eigenvalue weighted by Gasteiger charge is 2.52. The fourth-order valence-electron chi connectivity index (χ4n) is 4.29. The van der Waals surface area contributed by atoms with E-state index in [9.17, 15) is 14.7 Å². The number of rotatable bonds is 10. The Morgan fingerprint density at radius 2 is 1.83 bits per heavy atom. The van der Waals surface area contributed by atoms with E-state index in [0.29, 0.717) is 36.2 Å². The van der Waals surface area contributed by atoms with Crippen molar-refractivity contribution in [2.45, 2.75) is 58.8 Å². The molecule has 156 valence electrons. The minimum atomic E-state index is -0.928. The molecule has 0 bridgehead atoms. The number of hydrogen-bond acceptors (Lipinski definition) is 4. The normalized spacial score (nSPS) is 21.3. The summed E-state index contributed by atoms with van der Waals surface area (Å²) in [5, 5.41) is 11.0. The lowest BCUT2D eigenvalue weighted by molar-refractivity contribution is -0.130. The largest absolute Gasteiger partial charge is 0.506 e. The Balaban J connectivity index is 2.77. The maximum absolute atomic E-state index is 13.8. The molecule has 29 heavy (non-hydrogen) atoms. The van der Waals surface area contributed by atoms with Crippen LogP contribution in [0.15, 0.2) is 59.9 Å². The lowest BCUT2D eigenvalue weighted by Crippen LogP contribution is -2.43. The third-order valence-corrected chi connectivity index (χ3v) is 5.55. The molecular weight excluding hydrogens is 364 g/mol. The van der Waals surface area contributed by atoms with Crippen molar-refractivity contribution in [2.24, 2.45) is 5.41 Å². The van der Waals surface area contributed by atoms with Gasteiger partial charge < -0.3 is 9.84 Å². The zero-order chi connectivity index (χ0) is 21.4. The molecule has 2 rings (SSSR count). The van der Waals surface area contributed by atoms with Gasteiger partial charge in [-0.15, -0.1) is 6.58 Å². The summed E-state index contributed by atoms with van der Waals surface area (Å²) in [6.07, 6.45) is 6.51. The summed E-state index contributed by atoms with van der Waals surface area (Å²) >= 11 is 0. The van der Waals surface area contributed by atoms with Gasteiger partial charge >= 0.3 is 0 Å². The van der Waals surface area contributed by atoms with Crippen LogP contribution in [0.5, 0.6) is 0 Å². The molecule has 0 radical (unpaired) electrons. The molecule has 0 aliphatic heterocycles. The predicted molar refractivity (Wildman–Crippen MR) is 116 cm³/mol. The monoisotopic (exact) mass is 396 g/mol. The standard InChI is InChI=1S/C25H32O4/c1-5-8-12-17-25(16-7-3)23(28)20(21(26)18-14-10-9-11-15-18)22(27)19(13-6-2)24(25)29-4/h5,9-11,14-15,26H,1,6-8,12-13,16-17H2,2-4H3/b21-20-. The van der Waals surface area contributed by atoms with Gasteiger partial charge in [0, 0.05) is 11.1 Å². The van der Waals surface area contributed by atoms with Gasteiger partial charge in [0.2, 0.25) is 0 Å². The molecule has 1 aromatic rings. The molecule has 1 aromatic carbocycles. The average Bonchev–Trinajstić information content (AvgIpc) is 2.73. The fourth-order valence-corrected chi connectivity index (χ4v) is 4.29. The number of Topliss-reactive ketones (excluding diaryl/α,β-unsaturated/α-hetero) is 2. The van der Waals surface area contributed by atoms with Crippen LogP contribution in [0.2, 0.25) is 0 Å². The van der Waals surface area contributed by atoms with Crippen molar-refractivity contribution in [1.29, 1.82) is 0 Å². The predicted octanol–water partition coefficient (Wildman–Crippen LogP) is 5.95. The number of carbonyl (C=O) groups is 2. The van der Waals surface area contributed by atoms with Gasteiger partial charge in [-0.1, -0.05) is 63.1 Å². The van der Waals surface area contributed by atoms with Gasteiger partial charge in [0.05, 0.1) is 12.5 Å². The van der Waals surface area contributed by atoms with Gasteiger partial charge in [0.1, 0.15) is 17.1 Å². The van der Waals surface area contributed by atoms with Gasteiger partial charge in [-0.25, -0.2) is 0 Å². The van der Waals surface area contributed by atoms with E-state index in [4.69, 9.17) is 4.74 Å². The van der Waals surface area contributed by atoms with Gasteiger partial charge in [0.15, 0.2) is 11.6 Å². The molecule has 1 aliphatic carbocycles. The number of allylic oxidation sites excluding steroid dienone is 4. The van der Waals surface area contributed by atoms with Crippen molar-refractivity contribution >= 4 is 17.3 Å². The lowest BCUT2D eigenvalue weighted by Gasteiger charge is -2.39. The second kappa shape index (κ2) is 10.2. The maximum Gasteiger partial charge on any atom is 0.199 e. The second-order valence-corrected chi connectivity index (χ2v) is 7.52. The Kier molecular flexibility index (Phi) is 8.00. The number of carbonyl (C=O) groups excluding carboxylic acids is 2. The minimum Gasteiger partial charge on any atom is -0.506 e. The minimum absolute atomic E-state index is 0.104. The van der Waals surface area contributed by atoms with Gasteiger partial charge in [0.25, 0.3) is 0 Å². The molecule has 0 fully saturated rings. The molecule has 0 saturated carbocycles. The number of aliphatic hydroxyl groups excluding tert-OH is 1. The molecule has 0 spiro atoms. The molecule has 0 aromatic heterocycles. The Morgan fingerprint density at radius 1 is 1.14 bits per heavy atom. The fraction of sp³-hybridized carbons (Fsp3) is 0.440. The molecule has 4 heteroatoms. The van der Waals surface area contributed by atoms with Crippen LogP contribution in [0.3, 0.4) is 0 Å². The van der Waals surface area contributed by atoms with E-state index in [0.717, 1.165) is 25.7 Å².